The largest absolute Gasteiger partial charge is 0.356 e. The third-order valence-electron chi connectivity index (χ3n) is 4.12. The minimum Gasteiger partial charge on any atom is -0.356 e. The molecule has 0 N–H and O–H groups in total. The van der Waals surface area contributed by atoms with Gasteiger partial charge in [0.15, 0.2) is 5.78 Å². The van der Waals surface area contributed by atoms with Crippen LogP contribution in [0.3, 0.4) is 0 Å². The highest BCUT2D eigenvalue weighted by Gasteiger charge is 2.27. The minimum absolute atomic E-state index is 0.0541. The number of pyridine rings is 1. The highest BCUT2D eigenvalue weighted by Crippen LogP contribution is 2.24. The molecule has 1 saturated heterocycles. The van der Waals surface area contributed by atoms with Crippen molar-refractivity contribution in [2.24, 2.45) is 5.92 Å². The molecule has 0 amide bonds. The average Bonchev–Trinajstić information content (AvgIpc) is 2.55. The molecule has 3 nitrogen and oxygen atoms in total. The maximum Gasteiger partial charge on any atom is 0.167 e. The van der Waals surface area contributed by atoms with E-state index in [1.807, 2.05) is 25.1 Å². The van der Waals surface area contributed by atoms with Crippen LogP contribution in [0.15, 0.2) is 42.5 Å². The second kappa shape index (κ2) is 6.26. The fourth-order valence-corrected chi connectivity index (χ4v) is 2.95. The van der Waals surface area contributed by atoms with Gasteiger partial charge in [-0.05, 0) is 56.2 Å². The first-order chi connectivity index (χ1) is 10.6. The number of rotatable bonds is 3. The zero-order valence-corrected chi connectivity index (χ0v) is 12.6. The molecule has 22 heavy (non-hydrogen) atoms. The summed E-state index contributed by atoms with van der Waals surface area (Å²) < 4.78 is 13.0. The molecule has 1 atom stereocenters. The van der Waals surface area contributed by atoms with Gasteiger partial charge in [0.1, 0.15) is 11.6 Å². The SMILES string of the molecule is Cc1cccc(N2CCCC(C(=O)c3ccc(F)cc3)C2)n1. The van der Waals surface area contributed by atoms with Gasteiger partial charge in [-0.1, -0.05) is 6.07 Å². The van der Waals surface area contributed by atoms with Crippen molar-refractivity contribution in [3.05, 3.63) is 59.5 Å². The molecular weight excluding hydrogens is 279 g/mol. The zero-order valence-electron chi connectivity index (χ0n) is 12.6. The number of hydrogen-bond donors (Lipinski definition) is 0. The maximum atomic E-state index is 13.0. The second-order valence-electron chi connectivity index (χ2n) is 5.79. The van der Waals surface area contributed by atoms with E-state index in [1.54, 1.807) is 12.1 Å². The van der Waals surface area contributed by atoms with Crippen LogP contribution in [0.1, 0.15) is 28.9 Å². The lowest BCUT2D eigenvalue weighted by Crippen LogP contribution is -2.39. The van der Waals surface area contributed by atoms with Crippen molar-refractivity contribution in [1.82, 2.24) is 4.98 Å². The van der Waals surface area contributed by atoms with Crippen molar-refractivity contribution in [3.63, 3.8) is 0 Å². The number of halogens is 1. The maximum absolute atomic E-state index is 13.0. The zero-order chi connectivity index (χ0) is 15.5. The standard InChI is InChI=1S/C18H19FN2O/c1-13-4-2-6-17(20-13)21-11-3-5-15(12-21)18(22)14-7-9-16(19)10-8-14/h2,4,6-10,15H,3,5,11-12H2,1H3. The Balaban J connectivity index is 1.75. The lowest BCUT2D eigenvalue weighted by molar-refractivity contribution is 0.0907. The number of aromatic nitrogens is 1. The molecule has 1 aromatic heterocycles. The topological polar surface area (TPSA) is 33.2 Å². The summed E-state index contributed by atoms with van der Waals surface area (Å²) in [5, 5.41) is 0. The molecule has 4 heteroatoms. The van der Waals surface area contributed by atoms with Gasteiger partial charge in [-0.3, -0.25) is 4.79 Å². The van der Waals surface area contributed by atoms with Crippen LogP contribution in [0.2, 0.25) is 0 Å². The van der Waals surface area contributed by atoms with E-state index in [9.17, 15) is 9.18 Å². The summed E-state index contributed by atoms with van der Waals surface area (Å²) >= 11 is 0. The number of Topliss-reactive ketones (excluding diaryl/α,β-unsaturated/α-hetero) is 1. The van der Waals surface area contributed by atoms with Crippen LogP contribution in [-0.2, 0) is 0 Å². The molecule has 114 valence electrons. The van der Waals surface area contributed by atoms with Gasteiger partial charge in [0.25, 0.3) is 0 Å². The Kier molecular flexibility index (Phi) is 4.18. The van der Waals surface area contributed by atoms with E-state index >= 15 is 0 Å². The van der Waals surface area contributed by atoms with Crippen molar-refractivity contribution < 1.29 is 9.18 Å². The van der Waals surface area contributed by atoms with E-state index in [-0.39, 0.29) is 17.5 Å². The van der Waals surface area contributed by atoms with Gasteiger partial charge in [0.2, 0.25) is 0 Å². The molecule has 3 rings (SSSR count). The summed E-state index contributed by atoms with van der Waals surface area (Å²) in [6.45, 7) is 3.56. The summed E-state index contributed by atoms with van der Waals surface area (Å²) in [5.41, 5.74) is 1.56. The fraction of sp³-hybridized carbons (Fsp3) is 0.333. The predicted octanol–water partition coefficient (Wildman–Crippen LogP) is 3.63. The number of ketones is 1. The van der Waals surface area contributed by atoms with Crippen molar-refractivity contribution in [2.75, 3.05) is 18.0 Å². The third-order valence-corrected chi connectivity index (χ3v) is 4.12. The molecule has 2 aromatic rings. The van der Waals surface area contributed by atoms with Gasteiger partial charge in [0, 0.05) is 30.3 Å². The van der Waals surface area contributed by atoms with Crippen LogP contribution in [0, 0.1) is 18.7 Å². The summed E-state index contributed by atoms with van der Waals surface area (Å²) in [4.78, 5) is 19.3. The van der Waals surface area contributed by atoms with Crippen molar-refractivity contribution in [1.29, 1.82) is 0 Å². The molecule has 1 aliphatic rings. The van der Waals surface area contributed by atoms with Crippen LogP contribution in [0.5, 0.6) is 0 Å². The van der Waals surface area contributed by atoms with Crippen LogP contribution < -0.4 is 4.90 Å². The number of piperidine rings is 1. The molecule has 1 fully saturated rings. The number of carbonyl (C=O) groups excluding carboxylic acids is 1. The summed E-state index contributed by atoms with van der Waals surface area (Å²) in [6.07, 6.45) is 1.84. The first-order valence-corrected chi connectivity index (χ1v) is 7.62. The molecule has 1 aromatic carbocycles. The molecule has 0 bridgehead atoms. The number of carbonyl (C=O) groups is 1. The second-order valence-corrected chi connectivity index (χ2v) is 5.79. The molecule has 0 spiro atoms. The summed E-state index contributed by atoms with van der Waals surface area (Å²) in [5.74, 6) is 0.654. The molecular formula is C18H19FN2O. The smallest absolute Gasteiger partial charge is 0.167 e. The van der Waals surface area contributed by atoms with Gasteiger partial charge < -0.3 is 4.90 Å². The van der Waals surface area contributed by atoms with Gasteiger partial charge in [0.05, 0.1) is 0 Å². The normalized spacial score (nSPS) is 18.3. The van der Waals surface area contributed by atoms with Gasteiger partial charge >= 0.3 is 0 Å². The summed E-state index contributed by atoms with van der Waals surface area (Å²) in [6, 6.07) is 11.8. The van der Waals surface area contributed by atoms with Crippen LogP contribution in [0.4, 0.5) is 10.2 Å². The number of hydrogen-bond acceptors (Lipinski definition) is 3. The molecule has 2 heterocycles. The Hall–Kier alpha value is -2.23. The molecule has 1 aliphatic heterocycles. The van der Waals surface area contributed by atoms with Crippen molar-refractivity contribution in [2.45, 2.75) is 19.8 Å². The highest BCUT2D eigenvalue weighted by molar-refractivity contribution is 5.98. The van der Waals surface area contributed by atoms with E-state index < -0.39 is 0 Å². The Labute approximate surface area is 129 Å². The van der Waals surface area contributed by atoms with E-state index in [1.165, 1.54) is 12.1 Å². The Morgan fingerprint density at radius 1 is 1.23 bits per heavy atom. The van der Waals surface area contributed by atoms with E-state index in [4.69, 9.17) is 0 Å². The summed E-state index contributed by atoms with van der Waals surface area (Å²) in [7, 11) is 0. The fourth-order valence-electron chi connectivity index (χ4n) is 2.95. The van der Waals surface area contributed by atoms with E-state index in [0.29, 0.717) is 12.1 Å². The van der Waals surface area contributed by atoms with Gasteiger partial charge in [-0.15, -0.1) is 0 Å². The average molecular weight is 298 g/mol. The van der Waals surface area contributed by atoms with Gasteiger partial charge in [-0.2, -0.15) is 0 Å². The number of anilines is 1. The molecule has 0 saturated carbocycles. The first-order valence-electron chi connectivity index (χ1n) is 7.62. The molecule has 0 radical (unpaired) electrons. The number of aryl methyl sites for hydroxylation is 1. The van der Waals surface area contributed by atoms with Crippen molar-refractivity contribution >= 4 is 11.6 Å². The van der Waals surface area contributed by atoms with E-state index in [0.717, 1.165) is 30.9 Å². The van der Waals surface area contributed by atoms with Gasteiger partial charge in [-0.25, -0.2) is 9.37 Å². The Morgan fingerprint density at radius 3 is 2.73 bits per heavy atom. The lowest BCUT2D eigenvalue weighted by atomic mass is 9.90. The van der Waals surface area contributed by atoms with Crippen LogP contribution >= 0.6 is 0 Å². The van der Waals surface area contributed by atoms with E-state index in [2.05, 4.69) is 9.88 Å². The lowest BCUT2D eigenvalue weighted by Gasteiger charge is -2.33. The Morgan fingerprint density at radius 2 is 2.00 bits per heavy atom. The predicted molar refractivity (Wildman–Crippen MR) is 84.6 cm³/mol. The molecule has 1 unspecified atom stereocenters. The highest BCUT2D eigenvalue weighted by atomic mass is 19.1. The quantitative estimate of drug-likeness (QED) is 0.811. The number of benzene rings is 1. The minimum atomic E-state index is -0.314. The monoisotopic (exact) mass is 298 g/mol. The van der Waals surface area contributed by atoms with Crippen molar-refractivity contribution in [3.8, 4) is 0 Å². The number of nitrogens with zero attached hydrogens (tertiary/aromatic N) is 2. The Bertz CT molecular complexity index is 669. The van der Waals surface area contributed by atoms with Crippen LogP contribution in [0.25, 0.3) is 0 Å². The first kappa shape index (κ1) is 14.7. The van der Waals surface area contributed by atoms with Crippen LogP contribution in [-0.4, -0.2) is 23.9 Å². The molecule has 0 aliphatic carbocycles. The third kappa shape index (κ3) is 3.16.